The quantitative estimate of drug-likeness (QED) is 0.503. The zero-order chi connectivity index (χ0) is 20.4. The largest absolute Gasteiger partial charge is 0.449 e. The zero-order valence-electron chi connectivity index (χ0n) is 15.4. The number of hydrogen-bond acceptors (Lipinski definition) is 3. The number of carbonyl (C=O) groups excluding carboxylic acids is 1. The molecule has 0 saturated carbocycles. The van der Waals surface area contributed by atoms with E-state index in [0.717, 1.165) is 15.6 Å². The summed E-state index contributed by atoms with van der Waals surface area (Å²) < 4.78 is 6.32. The Kier molecular flexibility index (Phi) is 5.90. The van der Waals surface area contributed by atoms with Crippen molar-refractivity contribution in [3.05, 3.63) is 92.9 Å². The number of fused-ring (bicyclic) bond motifs is 3. The number of alkyl carbamates (subject to hydrolysis) is 1. The molecule has 0 radical (unpaired) electrons. The third kappa shape index (κ3) is 4.17. The van der Waals surface area contributed by atoms with Crippen molar-refractivity contribution >= 4 is 33.6 Å². The Hall–Kier alpha value is -2.34. The number of benzene rings is 3. The van der Waals surface area contributed by atoms with Crippen LogP contribution in [0.15, 0.2) is 71.2 Å². The highest BCUT2D eigenvalue weighted by molar-refractivity contribution is 9.10. The Bertz CT molecular complexity index is 990. The van der Waals surface area contributed by atoms with E-state index >= 15 is 0 Å². The molecule has 1 amide bonds. The minimum absolute atomic E-state index is 0.0129. The fourth-order valence-electron chi connectivity index (χ4n) is 3.79. The first-order valence-corrected chi connectivity index (χ1v) is 10.4. The van der Waals surface area contributed by atoms with E-state index in [9.17, 15) is 9.90 Å². The summed E-state index contributed by atoms with van der Waals surface area (Å²) in [4.78, 5) is 12.4. The summed E-state index contributed by atoms with van der Waals surface area (Å²) in [6.45, 7) is -0.0474. The minimum Gasteiger partial charge on any atom is -0.449 e. The lowest BCUT2D eigenvalue weighted by Crippen LogP contribution is -2.32. The second kappa shape index (κ2) is 8.57. The fraction of sp³-hybridized carbons (Fsp3) is 0.174. The number of aliphatic hydroxyl groups excluding tert-OH is 1. The lowest BCUT2D eigenvalue weighted by atomic mass is 9.98. The van der Waals surface area contributed by atoms with Crippen molar-refractivity contribution < 1.29 is 14.6 Å². The van der Waals surface area contributed by atoms with E-state index in [0.29, 0.717) is 10.6 Å². The van der Waals surface area contributed by atoms with E-state index in [1.165, 1.54) is 11.1 Å². The van der Waals surface area contributed by atoms with Gasteiger partial charge in [0.05, 0.1) is 12.6 Å². The number of carbonyl (C=O) groups is 1. The summed E-state index contributed by atoms with van der Waals surface area (Å²) in [6.07, 6.45) is -0.581. The second-order valence-electron chi connectivity index (χ2n) is 6.91. The minimum atomic E-state index is -0.611. The van der Waals surface area contributed by atoms with Crippen LogP contribution >= 0.6 is 27.5 Å². The van der Waals surface area contributed by atoms with E-state index in [4.69, 9.17) is 16.3 Å². The van der Waals surface area contributed by atoms with Crippen molar-refractivity contribution in [2.24, 2.45) is 0 Å². The highest BCUT2D eigenvalue weighted by Gasteiger charge is 2.29. The van der Waals surface area contributed by atoms with Crippen molar-refractivity contribution in [3.63, 3.8) is 0 Å². The lowest BCUT2D eigenvalue weighted by molar-refractivity contribution is 0.132. The van der Waals surface area contributed by atoms with Gasteiger partial charge in [0.25, 0.3) is 0 Å². The lowest BCUT2D eigenvalue weighted by Gasteiger charge is -2.19. The van der Waals surface area contributed by atoms with Crippen LogP contribution < -0.4 is 5.32 Å². The molecule has 1 aliphatic rings. The monoisotopic (exact) mass is 471 g/mol. The molecule has 3 aromatic rings. The SMILES string of the molecule is O=C(N[C@H](CO)c1cc(Cl)cc(Br)c1)OCC1c2ccccc2-c2ccccc21. The van der Waals surface area contributed by atoms with Gasteiger partial charge in [-0.2, -0.15) is 0 Å². The first kappa shape index (κ1) is 20.0. The number of halogens is 2. The molecule has 1 atom stereocenters. The predicted octanol–water partition coefficient (Wildman–Crippen LogP) is 5.67. The fourth-order valence-corrected chi connectivity index (χ4v) is 4.68. The summed E-state index contributed by atoms with van der Waals surface area (Å²) >= 11 is 9.45. The van der Waals surface area contributed by atoms with Gasteiger partial charge in [0.1, 0.15) is 6.61 Å². The Balaban J connectivity index is 1.47. The first-order valence-electron chi connectivity index (χ1n) is 9.25. The van der Waals surface area contributed by atoms with Crippen molar-refractivity contribution in [3.8, 4) is 11.1 Å². The van der Waals surface area contributed by atoms with E-state index in [2.05, 4.69) is 45.5 Å². The molecule has 3 aromatic carbocycles. The van der Waals surface area contributed by atoms with Crippen LogP contribution in [0.1, 0.15) is 28.7 Å². The third-order valence-electron chi connectivity index (χ3n) is 5.11. The molecule has 0 unspecified atom stereocenters. The normalized spacial score (nSPS) is 13.5. The Morgan fingerprint density at radius 2 is 1.69 bits per heavy atom. The van der Waals surface area contributed by atoms with E-state index < -0.39 is 12.1 Å². The number of aliphatic hydroxyl groups is 1. The smallest absolute Gasteiger partial charge is 0.407 e. The van der Waals surface area contributed by atoms with Crippen LogP contribution in [0, 0.1) is 0 Å². The first-order chi connectivity index (χ1) is 14.1. The second-order valence-corrected chi connectivity index (χ2v) is 8.26. The standard InChI is InChI=1S/C23H19BrClNO3/c24-15-9-14(10-16(25)11-15)22(12-27)26-23(28)29-13-21-19-7-3-1-5-17(19)18-6-2-4-8-20(18)21/h1-11,21-22,27H,12-13H2,(H,26,28)/t22-/m1/s1. The molecule has 6 heteroatoms. The van der Waals surface area contributed by atoms with Gasteiger partial charge in [-0.1, -0.05) is 76.1 Å². The van der Waals surface area contributed by atoms with Gasteiger partial charge in [-0.25, -0.2) is 4.79 Å². The van der Waals surface area contributed by atoms with Crippen molar-refractivity contribution in [1.29, 1.82) is 0 Å². The average molecular weight is 473 g/mol. The maximum Gasteiger partial charge on any atom is 0.407 e. The van der Waals surface area contributed by atoms with E-state index in [1.54, 1.807) is 18.2 Å². The Morgan fingerprint density at radius 3 is 2.28 bits per heavy atom. The summed E-state index contributed by atoms with van der Waals surface area (Å²) in [5.74, 6) is -0.0129. The van der Waals surface area contributed by atoms with Gasteiger partial charge in [-0.3, -0.25) is 0 Å². The van der Waals surface area contributed by atoms with Crippen LogP contribution in [-0.2, 0) is 4.74 Å². The Labute approximate surface area is 182 Å². The van der Waals surface area contributed by atoms with Crippen molar-refractivity contribution in [2.75, 3.05) is 13.2 Å². The molecule has 0 aromatic heterocycles. The molecule has 1 aliphatic carbocycles. The van der Waals surface area contributed by atoms with Crippen LogP contribution in [-0.4, -0.2) is 24.4 Å². The zero-order valence-corrected chi connectivity index (χ0v) is 17.8. The summed E-state index contributed by atoms with van der Waals surface area (Å²) in [5, 5.41) is 13.0. The highest BCUT2D eigenvalue weighted by Crippen LogP contribution is 2.44. The number of rotatable bonds is 5. The molecule has 4 nitrogen and oxygen atoms in total. The third-order valence-corrected chi connectivity index (χ3v) is 5.78. The molecule has 29 heavy (non-hydrogen) atoms. The molecule has 4 rings (SSSR count). The van der Waals surface area contributed by atoms with Crippen LogP contribution in [0.3, 0.4) is 0 Å². The van der Waals surface area contributed by atoms with Crippen LogP contribution in [0.5, 0.6) is 0 Å². The highest BCUT2D eigenvalue weighted by atomic mass is 79.9. The molecule has 0 heterocycles. The van der Waals surface area contributed by atoms with Gasteiger partial charge in [-0.15, -0.1) is 0 Å². The summed E-state index contributed by atoms with van der Waals surface area (Å²) in [6, 6.07) is 21.0. The maximum atomic E-state index is 12.4. The van der Waals surface area contributed by atoms with Crippen LogP contribution in [0.2, 0.25) is 5.02 Å². The molecule has 0 spiro atoms. The number of hydrogen-bond donors (Lipinski definition) is 2. The van der Waals surface area contributed by atoms with Gasteiger partial charge < -0.3 is 15.2 Å². The van der Waals surface area contributed by atoms with Gasteiger partial charge in [0.15, 0.2) is 0 Å². The topological polar surface area (TPSA) is 58.6 Å². The van der Waals surface area contributed by atoms with Crippen molar-refractivity contribution in [2.45, 2.75) is 12.0 Å². The van der Waals surface area contributed by atoms with Gasteiger partial charge >= 0.3 is 6.09 Å². The number of ether oxygens (including phenoxy) is 1. The molecular formula is C23H19BrClNO3. The molecule has 0 bridgehead atoms. The van der Waals surface area contributed by atoms with Crippen LogP contribution in [0.25, 0.3) is 11.1 Å². The predicted molar refractivity (Wildman–Crippen MR) is 117 cm³/mol. The number of nitrogens with one attached hydrogen (secondary N) is 1. The number of amides is 1. The average Bonchev–Trinajstić information content (AvgIpc) is 3.03. The van der Waals surface area contributed by atoms with Crippen LogP contribution in [0.4, 0.5) is 4.79 Å². The van der Waals surface area contributed by atoms with Gasteiger partial charge in [0, 0.05) is 15.4 Å². The van der Waals surface area contributed by atoms with Crippen molar-refractivity contribution in [1.82, 2.24) is 5.32 Å². The molecule has 2 N–H and O–H groups in total. The molecule has 0 saturated heterocycles. The van der Waals surface area contributed by atoms with E-state index in [1.807, 2.05) is 24.3 Å². The Morgan fingerprint density at radius 1 is 1.07 bits per heavy atom. The van der Waals surface area contributed by atoms with Gasteiger partial charge in [-0.05, 0) is 46.0 Å². The summed E-state index contributed by atoms with van der Waals surface area (Å²) in [7, 11) is 0. The molecule has 148 valence electrons. The molecule has 0 fully saturated rings. The molecule has 0 aliphatic heterocycles. The summed E-state index contributed by atoms with van der Waals surface area (Å²) in [5.41, 5.74) is 5.35. The van der Waals surface area contributed by atoms with E-state index in [-0.39, 0.29) is 19.1 Å². The maximum absolute atomic E-state index is 12.4. The molecular weight excluding hydrogens is 454 g/mol. The van der Waals surface area contributed by atoms with Gasteiger partial charge in [0.2, 0.25) is 0 Å².